The van der Waals surface area contributed by atoms with Gasteiger partial charge in [-0.2, -0.15) is 5.26 Å². The van der Waals surface area contributed by atoms with Crippen LogP contribution in [0.4, 0.5) is 5.69 Å². The van der Waals surface area contributed by atoms with Crippen molar-refractivity contribution in [3.63, 3.8) is 0 Å². The molecule has 4 aromatic heterocycles. The van der Waals surface area contributed by atoms with Crippen LogP contribution in [0.2, 0.25) is 0 Å². The van der Waals surface area contributed by atoms with Crippen LogP contribution in [0.25, 0.3) is 93.7 Å². The van der Waals surface area contributed by atoms with Crippen molar-refractivity contribution >= 4 is 49.3 Å². The van der Waals surface area contributed by atoms with Crippen LogP contribution in [0.3, 0.4) is 0 Å². The Balaban J connectivity index is 1.35. The van der Waals surface area contributed by atoms with Crippen molar-refractivity contribution in [2.45, 2.75) is 34.6 Å². The van der Waals surface area contributed by atoms with Crippen LogP contribution >= 0.6 is 0 Å². The first-order chi connectivity index (χ1) is 28.7. The predicted molar refractivity (Wildman–Crippen MR) is 233 cm³/mol. The van der Waals surface area contributed by atoms with Gasteiger partial charge >= 0.3 is 0 Å². The van der Waals surface area contributed by atoms with E-state index in [1.807, 2.05) is 89.2 Å². The van der Waals surface area contributed by atoms with Crippen LogP contribution < -0.4 is 0 Å². The number of rotatable bonds is 5. The molecule has 0 aliphatic rings. The Labute approximate surface area is 339 Å². The summed E-state index contributed by atoms with van der Waals surface area (Å²) in [6.07, 6.45) is 0. The van der Waals surface area contributed by atoms with Crippen LogP contribution in [0, 0.1) is 52.5 Å². The lowest BCUT2D eigenvalue weighted by molar-refractivity contribution is 0.928. The van der Waals surface area contributed by atoms with Crippen molar-refractivity contribution in [3.05, 3.63) is 161 Å². The van der Waals surface area contributed by atoms with Gasteiger partial charge in [-0.05, 0) is 93.8 Å². The summed E-state index contributed by atoms with van der Waals surface area (Å²) in [6, 6.07) is 41.4. The third-order valence-corrected chi connectivity index (χ3v) is 10.8. The molecule has 10 heteroatoms. The summed E-state index contributed by atoms with van der Waals surface area (Å²) in [5, 5.41) is 14.3. The summed E-state index contributed by atoms with van der Waals surface area (Å²) in [5.41, 5.74) is 10.4. The Kier molecular flexibility index (Phi) is 8.11. The molecule has 0 radical (unpaired) electrons. The molecular weight excluding hydrogens is 729 g/mol. The lowest BCUT2D eigenvalue weighted by atomic mass is 9.97. The first kappa shape index (κ1) is 35.3. The van der Waals surface area contributed by atoms with Gasteiger partial charge in [-0.3, -0.25) is 0 Å². The minimum atomic E-state index is 0.447. The zero-order valence-corrected chi connectivity index (χ0v) is 32.9. The lowest BCUT2D eigenvalue weighted by Gasteiger charge is -2.21. The highest BCUT2D eigenvalue weighted by Crippen LogP contribution is 2.46. The molecule has 0 saturated carbocycles. The fraction of sp³-hybridized carbons (Fsp3) is 0.102. The number of para-hydroxylation sites is 2. The van der Waals surface area contributed by atoms with Crippen LogP contribution in [0.1, 0.15) is 34.4 Å². The normalized spacial score (nSPS) is 11.4. The lowest BCUT2D eigenvalue weighted by Crippen LogP contribution is -2.03. The molecule has 10 nitrogen and oxygen atoms in total. The smallest absolute Gasteiger partial charge is 0.234 e. The third-order valence-electron chi connectivity index (χ3n) is 10.8. The summed E-state index contributed by atoms with van der Waals surface area (Å²) in [4.78, 5) is 32.1. The largest absolute Gasteiger partial charge is 0.319 e. The third kappa shape index (κ3) is 5.77. The fourth-order valence-electron chi connectivity index (χ4n) is 8.53. The molecule has 0 N–H and O–H groups in total. The molecule has 6 aromatic carbocycles. The molecule has 280 valence electrons. The predicted octanol–water partition coefficient (Wildman–Crippen LogP) is 11.2. The summed E-state index contributed by atoms with van der Waals surface area (Å²) in [6.45, 7) is 18.6. The highest BCUT2D eigenvalue weighted by atomic mass is 15.1. The van der Waals surface area contributed by atoms with Gasteiger partial charge in [0.05, 0.1) is 51.6 Å². The highest BCUT2D eigenvalue weighted by Gasteiger charge is 2.25. The van der Waals surface area contributed by atoms with Gasteiger partial charge < -0.3 is 9.13 Å². The number of nitrogens with zero attached hydrogens (tertiary/aromatic N) is 10. The van der Waals surface area contributed by atoms with E-state index in [9.17, 15) is 5.26 Å². The standard InChI is InChI=1S/C49H34N10/c1-27-21-32(26-50)23-35(22-27)36-19-20-43(58-41-13-9-7-11-37(41)39-17-15-33(24-44(39)58)48-54-28(2)52-29(3)55-48)46(51-6)47(36)59-42-14-10-8-12-38(42)40-18-16-34(25-45(40)59)49-56-30(4)53-31(5)57-49/h7-25H,1-5H3. The first-order valence-electron chi connectivity index (χ1n) is 19.2. The number of hydrogen-bond acceptors (Lipinski definition) is 7. The van der Waals surface area contributed by atoms with Gasteiger partial charge in [-0.15, -0.1) is 0 Å². The second-order valence-corrected chi connectivity index (χ2v) is 14.8. The van der Waals surface area contributed by atoms with Crippen LogP contribution in [0.15, 0.2) is 115 Å². The van der Waals surface area contributed by atoms with Crippen LogP contribution in [-0.2, 0) is 0 Å². The van der Waals surface area contributed by atoms with Crippen molar-refractivity contribution in [2.24, 2.45) is 0 Å². The first-order valence-corrected chi connectivity index (χ1v) is 19.2. The van der Waals surface area contributed by atoms with E-state index >= 15 is 0 Å². The molecule has 4 heterocycles. The molecule has 10 rings (SSSR count). The van der Waals surface area contributed by atoms with E-state index in [0.29, 0.717) is 57.6 Å². The van der Waals surface area contributed by atoms with Crippen LogP contribution in [-0.4, -0.2) is 39.0 Å². The van der Waals surface area contributed by atoms with Gasteiger partial charge in [-0.25, -0.2) is 34.7 Å². The minimum Gasteiger partial charge on any atom is -0.319 e. The molecule has 0 bridgehead atoms. The average molecular weight is 763 g/mol. The summed E-state index contributed by atoms with van der Waals surface area (Å²) in [7, 11) is 0. The number of fused-ring (bicyclic) bond motifs is 6. The van der Waals surface area contributed by atoms with Gasteiger partial charge in [0.2, 0.25) is 5.69 Å². The molecule has 0 amide bonds. The average Bonchev–Trinajstić information content (AvgIpc) is 3.74. The number of nitriles is 1. The molecule has 0 fully saturated rings. The zero-order chi connectivity index (χ0) is 40.5. The van der Waals surface area contributed by atoms with Crippen molar-refractivity contribution < 1.29 is 0 Å². The van der Waals surface area contributed by atoms with Gasteiger partial charge in [0.1, 0.15) is 23.3 Å². The summed E-state index contributed by atoms with van der Waals surface area (Å²) in [5.74, 6) is 3.74. The number of benzene rings is 6. The maximum atomic E-state index is 10.1. The van der Waals surface area contributed by atoms with Crippen molar-refractivity contribution in [3.8, 4) is 51.3 Å². The summed E-state index contributed by atoms with van der Waals surface area (Å²) < 4.78 is 4.38. The Hall–Kier alpha value is -8.08. The van der Waals surface area contributed by atoms with E-state index in [1.54, 1.807) is 0 Å². The number of aromatic nitrogens is 8. The van der Waals surface area contributed by atoms with Gasteiger partial charge in [0, 0.05) is 32.7 Å². The van der Waals surface area contributed by atoms with E-state index in [4.69, 9.17) is 26.5 Å². The van der Waals surface area contributed by atoms with Crippen molar-refractivity contribution in [1.29, 1.82) is 5.26 Å². The Bertz CT molecular complexity index is 3450. The van der Waals surface area contributed by atoms with Gasteiger partial charge in [-0.1, -0.05) is 72.8 Å². The summed E-state index contributed by atoms with van der Waals surface area (Å²) >= 11 is 0. The second kappa shape index (κ2) is 13.5. The number of hydrogen-bond donors (Lipinski definition) is 0. The minimum absolute atomic E-state index is 0.447. The van der Waals surface area contributed by atoms with E-state index in [2.05, 4.69) is 90.7 Å². The van der Waals surface area contributed by atoms with Crippen molar-refractivity contribution in [1.82, 2.24) is 39.0 Å². The molecule has 0 unspecified atom stereocenters. The van der Waals surface area contributed by atoms with E-state index in [0.717, 1.165) is 71.4 Å². The molecular formula is C49H34N10. The second-order valence-electron chi connectivity index (χ2n) is 14.8. The molecule has 0 spiro atoms. The Morgan fingerprint density at radius 2 is 1.02 bits per heavy atom. The molecule has 0 aliphatic heterocycles. The maximum Gasteiger partial charge on any atom is 0.234 e. The quantitative estimate of drug-likeness (QED) is 0.160. The van der Waals surface area contributed by atoms with E-state index in [1.165, 1.54) is 0 Å². The molecule has 0 aliphatic carbocycles. The monoisotopic (exact) mass is 762 g/mol. The van der Waals surface area contributed by atoms with E-state index < -0.39 is 0 Å². The zero-order valence-electron chi connectivity index (χ0n) is 32.9. The molecule has 59 heavy (non-hydrogen) atoms. The number of aryl methyl sites for hydroxylation is 5. The van der Waals surface area contributed by atoms with Crippen LogP contribution in [0.5, 0.6) is 0 Å². The fourth-order valence-corrected chi connectivity index (χ4v) is 8.53. The van der Waals surface area contributed by atoms with E-state index in [-0.39, 0.29) is 0 Å². The topological polar surface area (TPSA) is 115 Å². The van der Waals surface area contributed by atoms with Crippen molar-refractivity contribution in [2.75, 3.05) is 0 Å². The van der Waals surface area contributed by atoms with Gasteiger partial charge in [0.25, 0.3) is 0 Å². The maximum absolute atomic E-state index is 10.1. The SMILES string of the molecule is [C-]#[N+]c1c(-n2c3ccccc3c3ccc(-c4nc(C)nc(C)n4)cc32)ccc(-c2cc(C)cc(C#N)c2)c1-n1c2ccccc2c2ccc(-c3nc(C)nc(C)n3)cc21. The molecule has 0 saturated heterocycles. The Morgan fingerprint density at radius 3 is 1.56 bits per heavy atom. The molecule has 0 atom stereocenters. The highest BCUT2D eigenvalue weighted by molar-refractivity contribution is 6.13. The molecule has 10 aromatic rings. The van der Waals surface area contributed by atoms with Gasteiger partial charge in [0.15, 0.2) is 11.6 Å². The Morgan fingerprint density at radius 1 is 0.508 bits per heavy atom.